The highest BCUT2D eigenvalue weighted by Crippen LogP contribution is 2.53. The number of aromatic nitrogens is 1. The van der Waals surface area contributed by atoms with Crippen LogP contribution in [0.2, 0.25) is 0 Å². The molecule has 0 saturated heterocycles. The zero-order chi connectivity index (χ0) is 23.3. The lowest BCUT2D eigenvalue weighted by molar-refractivity contribution is 0.653. The molecule has 0 fully saturated rings. The van der Waals surface area contributed by atoms with Gasteiger partial charge in [-0.25, -0.2) is 0 Å². The normalized spacial score (nSPS) is 14.2. The summed E-state index contributed by atoms with van der Waals surface area (Å²) in [4.78, 5) is 0. The van der Waals surface area contributed by atoms with Gasteiger partial charge in [0.05, 0.1) is 11.0 Å². The van der Waals surface area contributed by atoms with E-state index in [1.54, 1.807) is 0 Å². The summed E-state index contributed by atoms with van der Waals surface area (Å²) in [5.41, 5.74) is 10.7. The molecule has 2 aromatic heterocycles. The van der Waals surface area contributed by atoms with Crippen LogP contribution in [0.3, 0.4) is 0 Å². The first-order valence-corrected chi connectivity index (χ1v) is 12.2. The molecule has 0 unspecified atom stereocenters. The summed E-state index contributed by atoms with van der Waals surface area (Å²) in [6.07, 6.45) is 0. The fraction of sp³-hybridized carbons (Fsp3) is 0.0909. The van der Waals surface area contributed by atoms with Gasteiger partial charge in [-0.05, 0) is 47.0 Å². The summed E-state index contributed by atoms with van der Waals surface area (Å²) in [5.74, 6) is 0. The monoisotopic (exact) mass is 449 g/mol. The number of nitrogens with zero attached hydrogens (tertiary/aromatic N) is 1. The van der Waals surface area contributed by atoms with Gasteiger partial charge in [0.25, 0.3) is 0 Å². The van der Waals surface area contributed by atoms with Crippen molar-refractivity contribution in [2.24, 2.45) is 0 Å². The minimum absolute atomic E-state index is 0.118. The van der Waals surface area contributed by atoms with E-state index in [0.717, 1.165) is 11.2 Å². The van der Waals surface area contributed by atoms with Gasteiger partial charge in [-0.1, -0.05) is 86.6 Å². The number of rotatable bonds is 1. The summed E-state index contributed by atoms with van der Waals surface area (Å²) in [6.45, 7) is 4.67. The number of benzene rings is 5. The van der Waals surface area contributed by atoms with E-state index in [-0.39, 0.29) is 5.41 Å². The molecule has 0 bridgehead atoms. The first-order valence-electron chi connectivity index (χ1n) is 12.2. The Morgan fingerprint density at radius 3 is 2.00 bits per heavy atom. The molecule has 5 aromatic carbocycles. The standard InChI is InChI=1S/C33H23NO/c1-33(2)26-18-17-24-23-11-5-8-14-30(23)35-32(24)31(26)25-16-15-20(19-27(25)33)34-28-12-6-3-9-21(28)22-10-4-7-13-29(22)34/h3-19H,1-2H3. The van der Waals surface area contributed by atoms with Gasteiger partial charge in [0.1, 0.15) is 11.2 Å². The third-order valence-corrected chi connectivity index (χ3v) is 8.00. The number of hydrogen-bond donors (Lipinski definition) is 0. The van der Waals surface area contributed by atoms with Crippen molar-refractivity contribution in [3.05, 3.63) is 114 Å². The van der Waals surface area contributed by atoms with Crippen LogP contribution in [-0.4, -0.2) is 4.57 Å². The van der Waals surface area contributed by atoms with Crippen LogP contribution >= 0.6 is 0 Å². The molecule has 2 heterocycles. The van der Waals surface area contributed by atoms with Crippen LogP contribution in [0.5, 0.6) is 0 Å². The Kier molecular flexibility index (Phi) is 3.50. The third-order valence-electron chi connectivity index (χ3n) is 8.00. The molecule has 0 radical (unpaired) electrons. The van der Waals surface area contributed by atoms with E-state index in [1.807, 2.05) is 6.07 Å². The Morgan fingerprint density at radius 1 is 0.600 bits per heavy atom. The van der Waals surface area contributed by atoms with Gasteiger partial charge in [-0.15, -0.1) is 0 Å². The Bertz CT molecular complexity index is 1930. The molecular weight excluding hydrogens is 426 g/mol. The first-order chi connectivity index (χ1) is 17.1. The molecule has 0 spiro atoms. The van der Waals surface area contributed by atoms with Gasteiger partial charge in [-0.2, -0.15) is 0 Å². The zero-order valence-electron chi connectivity index (χ0n) is 19.7. The van der Waals surface area contributed by atoms with Gasteiger partial charge in [0.15, 0.2) is 0 Å². The van der Waals surface area contributed by atoms with Crippen LogP contribution in [-0.2, 0) is 5.41 Å². The van der Waals surface area contributed by atoms with Crippen molar-refractivity contribution in [3.8, 4) is 16.8 Å². The average Bonchev–Trinajstić information content (AvgIpc) is 3.50. The zero-order valence-corrected chi connectivity index (χ0v) is 19.7. The molecule has 0 N–H and O–H groups in total. The van der Waals surface area contributed by atoms with Crippen LogP contribution in [0, 0.1) is 0 Å². The quantitative estimate of drug-likeness (QED) is 0.244. The first kappa shape index (κ1) is 19.1. The molecule has 35 heavy (non-hydrogen) atoms. The summed E-state index contributed by atoms with van der Waals surface area (Å²) < 4.78 is 8.86. The van der Waals surface area contributed by atoms with E-state index in [4.69, 9.17) is 4.42 Å². The second kappa shape index (κ2) is 6.43. The molecule has 1 aliphatic carbocycles. The van der Waals surface area contributed by atoms with E-state index in [0.29, 0.717) is 0 Å². The largest absolute Gasteiger partial charge is 0.455 e. The van der Waals surface area contributed by atoms with Gasteiger partial charge >= 0.3 is 0 Å². The summed E-state index contributed by atoms with van der Waals surface area (Å²) >= 11 is 0. The lowest BCUT2D eigenvalue weighted by Crippen LogP contribution is -2.15. The summed E-state index contributed by atoms with van der Waals surface area (Å²) in [6, 6.07) is 37.2. The second-order valence-electron chi connectivity index (χ2n) is 10.2. The molecule has 0 saturated carbocycles. The lowest BCUT2D eigenvalue weighted by Gasteiger charge is -2.22. The van der Waals surface area contributed by atoms with Crippen LogP contribution in [0.1, 0.15) is 25.0 Å². The minimum Gasteiger partial charge on any atom is -0.455 e. The SMILES string of the molecule is CC1(C)c2cc(-n3c4ccccc4c4ccccc43)ccc2-c2c1ccc1c2oc2ccccc21. The van der Waals surface area contributed by atoms with Gasteiger partial charge in [-0.3, -0.25) is 0 Å². The molecule has 0 amide bonds. The molecule has 7 aromatic rings. The van der Waals surface area contributed by atoms with Crippen molar-refractivity contribution in [2.75, 3.05) is 0 Å². The number of fused-ring (bicyclic) bond motifs is 10. The molecule has 0 atom stereocenters. The van der Waals surface area contributed by atoms with Crippen molar-refractivity contribution in [1.82, 2.24) is 4.57 Å². The van der Waals surface area contributed by atoms with Crippen LogP contribution in [0.25, 0.3) is 60.6 Å². The van der Waals surface area contributed by atoms with Gasteiger partial charge < -0.3 is 8.98 Å². The molecule has 1 aliphatic rings. The van der Waals surface area contributed by atoms with Crippen molar-refractivity contribution in [1.29, 1.82) is 0 Å². The molecule has 8 rings (SSSR count). The summed E-state index contributed by atoms with van der Waals surface area (Å²) in [7, 11) is 0. The number of para-hydroxylation sites is 3. The van der Waals surface area contributed by atoms with Crippen LogP contribution in [0.15, 0.2) is 108 Å². The highest BCUT2D eigenvalue weighted by atomic mass is 16.3. The van der Waals surface area contributed by atoms with Crippen molar-refractivity contribution in [3.63, 3.8) is 0 Å². The second-order valence-corrected chi connectivity index (χ2v) is 10.2. The Labute approximate surface area is 203 Å². The average molecular weight is 450 g/mol. The van der Waals surface area contributed by atoms with E-state index in [1.165, 1.54) is 60.5 Å². The maximum Gasteiger partial charge on any atom is 0.143 e. The lowest BCUT2D eigenvalue weighted by atomic mass is 9.82. The van der Waals surface area contributed by atoms with Gasteiger partial charge in [0, 0.05) is 38.2 Å². The topological polar surface area (TPSA) is 18.1 Å². The maximum absolute atomic E-state index is 6.46. The van der Waals surface area contributed by atoms with Crippen LogP contribution in [0.4, 0.5) is 0 Å². The van der Waals surface area contributed by atoms with Gasteiger partial charge in [0.2, 0.25) is 0 Å². The van der Waals surface area contributed by atoms with E-state index < -0.39 is 0 Å². The fourth-order valence-electron chi connectivity index (χ4n) is 6.33. The minimum atomic E-state index is -0.118. The third kappa shape index (κ3) is 2.34. The van der Waals surface area contributed by atoms with Crippen molar-refractivity contribution < 1.29 is 4.42 Å². The van der Waals surface area contributed by atoms with Crippen LogP contribution < -0.4 is 0 Å². The number of furan rings is 1. The van der Waals surface area contributed by atoms with E-state index in [9.17, 15) is 0 Å². The Morgan fingerprint density at radius 2 is 1.26 bits per heavy atom. The highest BCUT2D eigenvalue weighted by Gasteiger charge is 2.38. The Balaban J connectivity index is 1.43. The predicted octanol–water partition coefficient (Wildman–Crippen LogP) is 8.99. The van der Waals surface area contributed by atoms with E-state index in [2.05, 4.69) is 115 Å². The summed E-state index contributed by atoms with van der Waals surface area (Å²) in [5, 5.41) is 4.94. The highest BCUT2D eigenvalue weighted by molar-refractivity contribution is 6.12. The van der Waals surface area contributed by atoms with Crippen molar-refractivity contribution >= 4 is 43.7 Å². The van der Waals surface area contributed by atoms with Crippen molar-refractivity contribution in [2.45, 2.75) is 19.3 Å². The Hall–Kier alpha value is -4.30. The molecule has 166 valence electrons. The molecular formula is C33H23NO. The molecule has 0 aliphatic heterocycles. The molecule has 2 heteroatoms. The maximum atomic E-state index is 6.46. The number of hydrogen-bond acceptors (Lipinski definition) is 1. The molecule has 2 nitrogen and oxygen atoms in total. The predicted molar refractivity (Wildman–Crippen MR) is 146 cm³/mol. The fourth-order valence-corrected chi connectivity index (χ4v) is 6.33. The van der Waals surface area contributed by atoms with E-state index >= 15 is 0 Å². The smallest absolute Gasteiger partial charge is 0.143 e.